The molecule has 1 saturated heterocycles. The van der Waals surface area contributed by atoms with Crippen LogP contribution in [0.15, 0.2) is 23.8 Å². The lowest BCUT2D eigenvalue weighted by Crippen LogP contribution is -2.74. The first-order valence-corrected chi connectivity index (χ1v) is 22.1. The summed E-state index contributed by atoms with van der Waals surface area (Å²) in [5.74, 6) is -0.223. The Morgan fingerprint density at radius 2 is 1.62 bits per heavy atom. The molecule has 56 heavy (non-hydrogen) atoms. The van der Waals surface area contributed by atoms with Gasteiger partial charge in [-0.3, -0.25) is 4.79 Å². The molecule has 0 aromatic heterocycles. The summed E-state index contributed by atoms with van der Waals surface area (Å²) < 4.78 is 18.2. The van der Waals surface area contributed by atoms with Gasteiger partial charge in [-0.25, -0.2) is 4.79 Å². The summed E-state index contributed by atoms with van der Waals surface area (Å²) in [6.07, 6.45) is 13.1. The lowest BCUT2D eigenvalue weighted by Gasteiger charge is -2.78. The zero-order valence-corrected chi connectivity index (χ0v) is 34.5. The van der Waals surface area contributed by atoms with E-state index in [1.165, 1.54) is 31.3 Å². The predicted molar refractivity (Wildman–Crippen MR) is 207 cm³/mol. The van der Waals surface area contributed by atoms with Crippen LogP contribution in [0.5, 0.6) is 0 Å². The maximum absolute atomic E-state index is 14.2. The van der Waals surface area contributed by atoms with Gasteiger partial charge in [0.05, 0.1) is 18.1 Å². The zero-order valence-electron chi connectivity index (χ0n) is 34.5. The van der Waals surface area contributed by atoms with Crippen LogP contribution >= 0.6 is 0 Å². The van der Waals surface area contributed by atoms with Crippen LogP contribution in [0, 0.1) is 73.4 Å². The van der Waals surface area contributed by atoms with Crippen molar-refractivity contribution >= 4 is 11.9 Å². The lowest BCUT2D eigenvalue weighted by atomic mass is 9.25. The highest BCUT2D eigenvalue weighted by Gasteiger charge is 2.79. The van der Waals surface area contributed by atoms with E-state index in [2.05, 4.69) is 52.8 Å². The van der Waals surface area contributed by atoms with Crippen LogP contribution in [-0.2, 0) is 23.8 Å². The van der Waals surface area contributed by atoms with E-state index in [1.54, 1.807) is 7.11 Å². The van der Waals surface area contributed by atoms with Crippen LogP contribution in [0.4, 0.5) is 0 Å². The Kier molecular flexibility index (Phi) is 9.09. The van der Waals surface area contributed by atoms with Gasteiger partial charge in [-0.2, -0.15) is 0 Å². The first-order valence-electron chi connectivity index (χ1n) is 22.1. The van der Waals surface area contributed by atoms with Crippen LogP contribution in [0.2, 0.25) is 0 Å². The standard InChI is InChI=1S/C46H68O10/c1-40(2)29-14-17-42(4)36-25(12-13-27(43(29,36)5)21-31(40)55-38-34(49)32(47)33(48)35(56-38)37(50)51)20-30-44-16-9-15-41(3,24-44)22-28(23-54-6)46(44,39(52)53)19-18-45(30,42)26-10-7-8-11-26/h9,16,20,25-29,31-36,38,47-49H,7-8,10-15,17-19,21-24H2,1-6H3,(H,50,51)(H,52,53)/t25-,27-,28+,29+,31+,32+,33+,34-,35+,36+,38-,41+,42-,43+,44+,45+,46+/m1/s1. The number of allylic oxidation sites excluding steroid dienone is 4. The minimum Gasteiger partial charge on any atom is -0.481 e. The Morgan fingerprint density at radius 3 is 2.30 bits per heavy atom. The molecule has 1 aliphatic heterocycles. The number of aliphatic carboxylic acids is 2. The molecular formula is C46H68O10. The van der Waals surface area contributed by atoms with Gasteiger partial charge in [0.2, 0.25) is 0 Å². The maximum atomic E-state index is 14.2. The number of carboxylic acids is 2. The highest BCUT2D eigenvalue weighted by molar-refractivity contribution is 5.79. The van der Waals surface area contributed by atoms with Gasteiger partial charge >= 0.3 is 11.9 Å². The first kappa shape index (κ1) is 39.6. The molecule has 10 nitrogen and oxygen atoms in total. The maximum Gasteiger partial charge on any atom is 0.335 e. The van der Waals surface area contributed by atoms with Gasteiger partial charge in [0.1, 0.15) is 18.3 Å². The average molecular weight is 781 g/mol. The molecular weight excluding hydrogens is 712 g/mol. The van der Waals surface area contributed by atoms with E-state index in [0.29, 0.717) is 36.7 Å². The highest BCUT2D eigenvalue weighted by Crippen LogP contribution is 2.84. The van der Waals surface area contributed by atoms with Crippen molar-refractivity contribution in [1.82, 2.24) is 0 Å². The van der Waals surface area contributed by atoms with Gasteiger partial charge in [-0.15, -0.1) is 0 Å². The second kappa shape index (κ2) is 12.8. The van der Waals surface area contributed by atoms with Gasteiger partial charge in [-0.05, 0) is 128 Å². The average Bonchev–Trinajstić information content (AvgIpc) is 3.67. The molecule has 0 unspecified atom stereocenters. The van der Waals surface area contributed by atoms with Crippen molar-refractivity contribution in [2.45, 2.75) is 161 Å². The number of carbonyl (C=O) groups is 2. The molecule has 0 amide bonds. The largest absolute Gasteiger partial charge is 0.481 e. The summed E-state index contributed by atoms with van der Waals surface area (Å²) in [7, 11) is 1.74. The highest BCUT2D eigenvalue weighted by atomic mass is 16.7. The summed E-state index contributed by atoms with van der Waals surface area (Å²) in [6.45, 7) is 12.7. The molecule has 9 rings (SSSR count). The van der Waals surface area contributed by atoms with Crippen molar-refractivity contribution < 1.29 is 49.3 Å². The smallest absolute Gasteiger partial charge is 0.335 e. The van der Waals surface area contributed by atoms with E-state index in [4.69, 9.17) is 14.2 Å². The second-order valence-corrected chi connectivity index (χ2v) is 21.9. The van der Waals surface area contributed by atoms with Crippen molar-refractivity contribution in [2.24, 2.45) is 73.4 Å². The number of ether oxygens (including phenoxy) is 3. The van der Waals surface area contributed by atoms with Crippen molar-refractivity contribution in [2.75, 3.05) is 13.7 Å². The Hall–Kier alpha value is -1.82. The predicted octanol–water partition coefficient (Wildman–Crippen LogP) is 6.75. The first-order chi connectivity index (χ1) is 26.4. The number of hydrogen-bond donors (Lipinski definition) is 5. The summed E-state index contributed by atoms with van der Waals surface area (Å²) in [5, 5.41) is 53.4. The number of methoxy groups -OCH3 is 1. The number of fused-ring (bicyclic) bond motifs is 3. The molecule has 1 heterocycles. The van der Waals surface area contributed by atoms with Crippen LogP contribution in [0.3, 0.4) is 0 Å². The molecule has 0 radical (unpaired) electrons. The number of aliphatic hydroxyl groups excluding tert-OH is 3. The Morgan fingerprint density at radius 1 is 0.893 bits per heavy atom. The Bertz CT molecular complexity index is 1680. The van der Waals surface area contributed by atoms with Crippen molar-refractivity contribution in [3.8, 4) is 0 Å². The summed E-state index contributed by atoms with van der Waals surface area (Å²) in [5.41, 5.74) is -0.447. The normalized spacial score (nSPS) is 54.3. The second-order valence-electron chi connectivity index (χ2n) is 21.9. The molecule has 5 N–H and O–H groups in total. The van der Waals surface area contributed by atoms with Gasteiger partial charge in [0, 0.05) is 23.9 Å². The molecule has 0 aromatic carbocycles. The van der Waals surface area contributed by atoms with Gasteiger partial charge in [0.25, 0.3) is 0 Å². The summed E-state index contributed by atoms with van der Waals surface area (Å²) >= 11 is 0. The van der Waals surface area contributed by atoms with E-state index in [-0.39, 0.29) is 45.0 Å². The minimum atomic E-state index is -1.76. The van der Waals surface area contributed by atoms with Crippen molar-refractivity contribution in [1.29, 1.82) is 0 Å². The number of hydrogen-bond acceptors (Lipinski definition) is 8. The summed E-state index contributed by atoms with van der Waals surface area (Å²) in [6, 6.07) is 0. The van der Waals surface area contributed by atoms with Crippen LogP contribution < -0.4 is 0 Å². The number of carboxylic acid groups (broad SMARTS) is 2. The molecule has 8 aliphatic carbocycles. The van der Waals surface area contributed by atoms with E-state index >= 15 is 0 Å². The molecule has 10 heteroatoms. The fraction of sp³-hybridized carbons (Fsp3) is 0.870. The van der Waals surface area contributed by atoms with Gasteiger partial charge in [-0.1, -0.05) is 71.3 Å². The topological polar surface area (TPSA) is 163 Å². The molecule has 0 aromatic rings. The van der Waals surface area contributed by atoms with Gasteiger partial charge in [0.15, 0.2) is 12.4 Å². The molecule has 312 valence electrons. The third-order valence-electron chi connectivity index (χ3n) is 19.6. The van der Waals surface area contributed by atoms with Crippen LogP contribution in [0.25, 0.3) is 0 Å². The third-order valence-corrected chi connectivity index (χ3v) is 19.6. The molecule has 17 atom stereocenters. The van der Waals surface area contributed by atoms with Crippen LogP contribution in [0.1, 0.15) is 125 Å². The fourth-order valence-electron chi connectivity index (χ4n) is 17.7. The van der Waals surface area contributed by atoms with Crippen molar-refractivity contribution in [3.05, 3.63) is 23.8 Å². The number of aliphatic hydroxyl groups is 3. The summed E-state index contributed by atoms with van der Waals surface area (Å²) in [4.78, 5) is 26.2. The van der Waals surface area contributed by atoms with E-state index in [9.17, 15) is 35.1 Å². The van der Waals surface area contributed by atoms with Crippen LogP contribution in [-0.4, -0.2) is 88.0 Å². The SMILES string of the molecule is COC[C@@H]1C[C@]2(C)CC=C[C@]3(C2)C2=C[C@H]4CC[C@@H]5C[C@H](O[C@@H]6O[C@H](C(=O)O)[C@@H](O)[C@H](O)[C@H]6O)C(C)(C)[C@@H]6CC[C@](C)([C@H]4[C@@]56C)[C@]2(C2CCCC2)CC[C@@]13C(=O)O. The van der Waals surface area contributed by atoms with E-state index in [1.807, 2.05) is 0 Å². The fourth-order valence-corrected chi connectivity index (χ4v) is 17.7. The quantitative estimate of drug-likeness (QED) is 0.138. The molecule has 9 aliphatic rings. The van der Waals surface area contributed by atoms with E-state index in [0.717, 1.165) is 57.8 Å². The van der Waals surface area contributed by atoms with Gasteiger partial charge < -0.3 is 39.7 Å². The molecule has 2 bridgehead atoms. The zero-order chi connectivity index (χ0) is 40.0. The third kappa shape index (κ3) is 4.78. The monoisotopic (exact) mass is 780 g/mol. The minimum absolute atomic E-state index is 0.0200. The molecule has 6 saturated carbocycles. The van der Waals surface area contributed by atoms with Crippen molar-refractivity contribution in [3.63, 3.8) is 0 Å². The Balaban J connectivity index is 1.16. The number of rotatable bonds is 7. The van der Waals surface area contributed by atoms with E-state index < -0.39 is 53.5 Å². The Labute approximate surface area is 332 Å². The molecule has 1 spiro atoms. The molecule has 7 fully saturated rings. The lowest BCUT2D eigenvalue weighted by molar-refractivity contribution is -0.334.